The quantitative estimate of drug-likeness (QED) is 0.460. The second kappa shape index (κ2) is 9.37. The summed E-state index contributed by atoms with van der Waals surface area (Å²) in [6, 6.07) is 4.70. The molecule has 23 heavy (non-hydrogen) atoms. The van der Waals surface area contributed by atoms with Crippen molar-refractivity contribution in [3.8, 4) is 5.75 Å². The van der Waals surface area contributed by atoms with Crippen LogP contribution in [0.15, 0.2) is 23.3 Å². The van der Waals surface area contributed by atoms with Crippen LogP contribution in [0.2, 0.25) is 10.0 Å². The Balaban J connectivity index is 2.55. The van der Waals surface area contributed by atoms with Crippen molar-refractivity contribution in [1.29, 1.82) is 0 Å². The van der Waals surface area contributed by atoms with E-state index in [-0.39, 0.29) is 6.42 Å². The lowest BCUT2D eigenvalue weighted by Crippen LogP contribution is -2.34. The van der Waals surface area contributed by atoms with E-state index < -0.39 is 18.0 Å². The molecule has 8 heteroatoms. The third-order valence-electron chi connectivity index (χ3n) is 2.63. The van der Waals surface area contributed by atoms with Gasteiger partial charge < -0.3 is 9.47 Å². The molecule has 0 aliphatic carbocycles. The average molecular weight is 361 g/mol. The van der Waals surface area contributed by atoms with Crippen LogP contribution in [-0.4, -0.2) is 30.3 Å². The molecule has 1 aromatic rings. The minimum Gasteiger partial charge on any atom is -0.479 e. The van der Waals surface area contributed by atoms with Crippen molar-refractivity contribution in [1.82, 2.24) is 5.43 Å². The first kappa shape index (κ1) is 19.3. The van der Waals surface area contributed by atoms with Crippen molar-refractivity contribution in [3.05, 3.63) is 28.2 Å². The van der Waals surface area contributed by atoms with Crippen molar-refractivity contribution in [2.45, 2.75) is 33.3 Å². The van der Waals surface area contributed by atoms with E-state index in [0.717, 1.165) is 0 Å². The van der Waals surface area contributed by atoms with Crippen molar-refractivity contribution in [2.24, 2.45) is 5.10 Å². The Kier molecular flexibility index (Phi) is 7.85. The maximum atomic E-state index is 11.9. The van der Waals surface area contributed by atoms with Crippen LogP contribution in [0.25, 0.3) is 0 Å². The van der Waals surface area contributed by atoms with Gasteiger partial charge in [-0.3, -0.25) is 9.59 Å². The third-order valence-corrected chi connectivity index (χ3v) is 3.16. The predicted molar refractivity (Wildman–Crippen MR) is 89.1 cm³/mol. The Hall–Kier alpha value is -1.79. The van der Waals surface area contributed by atoms with Crippen LogP contribution in [0.4, 0.5) is 0 Å². The summed E-state index contributed by atoms with van der Waals surface area (Å²) in [6.07, 6.45) is -0.820. The lowest BCUT2D eigenvalue weighted by Gasteiger charge is -2.14. The van der Waals surface area contributed by atoms with Gasteiger partial charge in [0.2, 0.25) is 0 Å². The minimum atomic E-state index is -0.826. The van der Waals surface area contributed by atoms with Crippen LogP contribution in [-0.2, 0) is 14.3 Å². The van der Waals surface area contributed by atoms with Gasteiger partial charge in [-0.05, 0) is 39.0 Å². The van der Waals surface area contributed by atoms with Crippen molar-refractivity contribution >= 4 is 40.8 Å². The molecule has 1 rings (SSSR count). The summed E-state index contributed by atoms with van der Waals surface area (Å²) in [7, 11) is 0. The maximum absolute atomic E-state index is 11.9. The molecule has 0 fully saturated rings. The molecule has 126 valence electrons. The van der Waals surface area contributed by atoms with Gasteiger partial charge in [-0.2, -0.15) is 5.10 Å². The summed E-state index contributed by atoms with van der Waals surface area (Å²) >= 11 is 11.8. The Morgan fingerprint density at radius 1 is 1.35 bits per heavy atom. The van der Waals surface area contributed by atoms with Gasteiger partial charge in [-0.15, -0.1) is 0 Å². The Bertz CT molecular complexity index is 605. The number of carbonyl (C=O) groups is 2. The van der Waals surface area contributed by atoms with Gasteiger partial charge in [0.1, 0.15) is 5.75 Å². The number of benzene rings is 1. The largest absolute Gasteiger partial charge is 0.479 e. The minimum absolute atomic E-state index is 0.00632. The highest BCUT2D eigenvalue weighted by Crippen LogP contribution is 2.28. The maximum Gasteiger partial charge on any atom is 0.311 e. The first-order chi connectivity index (χ1) is 10.8. The molecule has 0 radical (unpaired) electrons. The molecule has 1 N–H and O–H groups in total. The second-order valence-electron chi connectivity index (χ2n) is 4.64. The summed E-state index contributed by atoms with van der Waals surface area (Å²) in [6.45, 7) is 5.17. The van der Waals surface area contributed by atoms with Gasteiger partial charge in [0.05, 0.1) is 18.1 Å². The zero-order valence-electron chi connectivity index (χ0n) is 13.1. The number of rotatable bonds is 7. The van der Waals surface area contributed by atoms with Gasteiger partial charge in [0.25, 0.3) is 5.91 Å². The van der Waals surface area contributed by atoms with E-state index in [1.54, 1.807) is 32.9 Å². The summed E-state index contributed by atoms with van der Waals surface area (Å²) in [4.78, 5) is 23.2. The number of halogens is 2. The van der Waals surface area contributed by atoms with Crippen LogP contribution in [0, 0.1) is 0 Å². The molecular formula is C15H18Cl2N2O4. The van der Waals surface area contributed by atoms with Crippen LogP contribution in [0.1, 0.15) is 27.2 Å². The van der Waals surface area contributed by atoms with Gasteiger partial charge >= 0.3 is 5.97 Å². The standard InChI is InChI=1S/C15H18Cl2N2O4/c1-4-22-14(20)7-9(2)18-19-15(21)10(3)23-13-6-5-11(16)8-12(13)17/h5-6,8,10H,4,7H2,1-3H3,(H,19,21)/b18-9+/t10-/m1/s1. The Labute approximate surface area is 144 Å². The number of nitrogens with zero attached hydrogens (tertiary/aromatic N) is 1. The fraction of sp³-hybridized carbons (Fsp3) is 0.400. The van der Waals surface area contributed by atoms with E-state index in [9.17, 15) is 9.59 Å². The Morgan fingerprint density at radius 2 is 2.04 bits per heavy atom. The predicted octanol–water partition coefficient (Wildman–Crippen LogP) is 3.21. The molecule has 1 aromatic carbocycles. The van der Waals surface area contributed by atoms with Crippen molar-refractivity contribution in [3.63, 3.8) is 0 Å². The molecule has 0 bridgehead atoms. The summed E-state index contributed by atoms with van der Waals surface area (Å²) < 4.78 is 10.2. The highest BCUT2D eigenvalue weighted by molar-refractivity contribution is 6.35. The molecule has 0 aliphatic rings. The third kappa shape index (κ3) is 6.88. The number of nitrogens with one attached hydrogen (secondary N) is 1. The van der Waals surface area contributed by atoms with Crippen molar-refractivity contribution in [2.75, 3.05) is 6.61 Å². The van der Waals surface area contributed by atoms with Crippen LogP contribution in [0.5, 0.6) is 5.75 Å². The first-order valence-corrected chi connectivity index (χ1v) is 7.69. The fourth-order valence-corrected chi connectivity index (χ4v) is 1.97. The number of hydrazone groups is 1. The monoisotopic (exact) mass is 360 g/mol. The van der Waals surface area contributed by atoms with E-state index in [1.165, 1.54) is 6.07 Å². The van der Waals surface area contributed by atoms with E-state index in [2.05, 4.69) is 10.5 Å². The first-order valence-electron chi connectivity index (χ1n) is 6.93. The number of ether oxygens (including phenoxy) is 2. The molecule has 0 saturated heterocycles. The van der Waals surface area contributed by atoms with Gasteiger partial charge in [-0.25, -0.2) is 5.43 Å². The molecular weight excluding hydrogens is 343 g/mol. The summed E-state index contributed by atoms with van der Waals surface area (Å²) in [5.41, 5.74) is 2.75. The molecule has 0 spiro atoms. The van der Waals surface area contributed by atoms with E-state index >= 15 is 0 Å². The summed E-state index contributed by atoms with van der Waals surface area (Å²) in [5.74, 6) is -0.537. The molecule has 0 unspecified atom stereocenters. The van der Waals surface area contributed by atoms with Crippen LogP contribution >= 0.6 is 23.2 Å². The van der Waals surface area contributed by atoms with Gasteiger partial charge in [0, 0.05) is 10.7 Å². The normalized spacial score (nSPS) is 12.5. The molecule has 0 saturated carbocycles. The van der Waals surface area contributed by atoms with E-state index in [0.29, 0.717) is 28.1 Å². The SMILES string of the molecule is CCOC(=O)C/C(C)=N/NC(=O)[C@@H](C)Oc1ccc(Cl)cc1Cl. The summed E-state index contributed by atoms with van der Waals surface area (Å²) in [5, 5.41) is 4.60. The number of carbonyl (C=O) groups excluding carboxylic acids is 2. The van der Waals surface area contributed by atoms with Gasteiger partial charge in [-0.1, -0.05) is 23.2 Å². The smallest absolute Gasteiger partial charge is 0.311 e. The topological polar surface area (TPSA) is 77.0 Å². The lowest BCUT2D eigenvalue weighted by molar-refractivity contribution is -0.141. The van der Waals surface area contributed by atoms with Crippen LogP contribution in [0.3, 0.4) is 0 Å². The molecule has 0 aliphatic heterocycles. The zero-order valence-corrected chi connectivity index (χ0v) is 14.6. The number of esters is 1. The molecule has 1 atom stereocenters. The highest BCUT2D eigenvalue weighted by atomic mass is 35.5. The lowest BCUT2D eigenvalue weighted by atomic mass is 10.3. The number of amides is 1. The molecule has 6 nitrogen and oxygen atoms in total. The van der Waals surface area contributed by atoms with Crippen molar-refractivity contribution < 1.29 is 19.1 Å². The second-order valence-corrected chi connectivity index (χ2v) is 5.48. The molecule has 1 amide bonds. The Morgan fingerprint density at radius 3 is 2.65 bits per heavy atom. The van der Waals surface area contributed by atoms with E-state index in [4.69, 9.17) is 32.7 Å². The van der Waals surface area contributed by atoms with Crippen LogP contribution < -0.4 is 10.2 Å². The number of hydrogen-bond acceptors (Lipinski definition) is 5. The highest BCUT2D eigenvalue weighted by Gasteiger charge is 2.16. The number of hydrogen-bond donors (Lipinski definition) is 1. The molecule has 0 heterocycles. The average Bonchev–Trinajstić information content (AvgIpc) is 2.47. The van der Waals surface area contributed by atoms with Gasteiger partial charge in [0.15, 0.2) is 6.10 Å². The zero-order chi connectivity index (χ0) is 17.4. The molecule has 0 aromatic heterocycles. The fourth-order valence-electron chi connectivity index (χ4n) is 1.52. The van der Waals surface area contributed by atoms with E-state index in [1.807, 2.05) is 0 Å².